The number of alkyl halides is 2. The zero-order chi connectivity index (χ0) is 8.86. The molecular formula is C8H12F2O. The van der Waals surface area contributed by atoms with E-state index < -0.39 is 11.3 Å². The summed E-state index contributed by atoms with van der Waals surface area (Å²) < 4.78 is 25.1. The maximum Gasteiger partial charge on any atom is 0.261 e. The highest BCUT2D eigenvalue weighted by Crippen LogP contribution is 2.61. The molecule has 0 spiro atoms. The number of ketones is 1. The predicted molar refractivity (Wildman–Crippen MR) is 37.5 cm³/mol. The summed E-state index contributed by atoms with van der Waals surface area (Å²) >= 11 is 0. The SMILES string of the molecule is CC(C)C(=O)C1(C)CC1(F)F. The molecule has 1 atom stereocenters. The molecule has 0 aromatic carbocycles. The molecule has 0 aromatic rings. The van der Waals surface area contributed by atoms with Gasteiger partial charge in [0.05, 0.1) is 5.41 Å². The lowest BCUT2D eigenvalue weighted by Crippen LogP contribution is -2.23. The van der Waals surface area contributed by atoms with Crippen molar-refractivity contribution < 1.29 is 13.6 Å². The lowest BCUT2D eigenvalue weighted by atomic mass is 9.94. The van der Waals surface area contributed by atoms with Crippen molar-refractivity contribution in [3.63, 3.8) is 0 Å². The van der Waals surface area contributed by atoms with Crippen LogP contribution >= 0.6 is 0 Å². The van der Waals surface area contributed by atoms with Crippen molar-refractivity contribution in [1.82, 2.24) is 0 Å². The van der Waals surface area contributed by atoms with Crippen molar-refractivity contribution in [3.05, 3.63) is 0 Å². The third-order valence-corrected chi connectivity index (χ3v) is 2.33. The molecule has 0 bridgehead atoms. The molecular weight excluding hydrogens is 150 g/mol. The zero-order valence-electron chi connectivity index (χ0n) is 6.95. The summed E-state index contributed by atoms with van der Waals surface area (Å²) in [6, 6.07) is 0. The van der Waals surface area contributed by atoms with Crippen LogP contribution in [0.15, 0.2) is 0 Å². The van der Waals surface area contributed by atoms with Gasteiger partial charge in [-0.05, 0) is 6.92 Å². The molecule has 1 aliphatic rings. The van der Waals surface area contributed by atoms with Crippen LogP contribution in [0.1, 0.15) is 27.2 Å². The standard InChI is InChI=1S/C8H12F2O/c1-5(2)6(11)7(3)4-8(7,9)10/h5H,4H2,1-3H3. The Hall–Kier alpha value is -0.470. The molecule has 0 aliphatic heterocycles. The molecule has 64 valence electrons. The monoisotopic (exact) mass is 162 g/mol. The summed E-state index contributed by atoms with van der Waals surface area (Å²) in [6.45, 7) is 4.65. The Morgan fingerprint density at radius 1 is 1.45 bits per heavy atom. The first-order valence-electron chi connectivity index (χ1n) is 3.73. The summed E-state index contributed by atoms with van der Waals surface area (Å²) in [6.07, 6.45) is -0.267. The van der Waals surface area contributed by atoms with E-state index in [9.17, 15) is 13.6 Å². The summed E-state index contributed by atoms with van der Waals surface area (Å²) in [5, 5.41) is 0. The second-order valence-corrected chi connectivity index (χ2v) is 3.73. The largest absolute Gasteiger partial charge is 0.299 e. The number of rotatable bonds is 2. The highest BCUT2D eigenvalue weighted by atomic mass is 19.3. The molecule has 3 heteroatoms. The average Bonchev–Trinajstić information content (AvgIpc) is 2.32. The van der Waals surface area contributed by atoms with Crippen LogP contribution < -0.4 is 0 Å². The molecule has 11 heavy (non-hydrogen) atoms. The predicted octanol–water partition coefficient (Wildman–Crippen LogP) is 2.26. The van der Waals surface area contributed by atoms with Gasteiger partial charge in [0, 0.05) is 12.3 Å². The molecule has 1 saturated carbocycles. The number of carbonyl (C=O) groups is 1. The van der Waals surface area contributed by atoms with Gasteiger partial charge in [-0.15, -0.1) is 0 Å². The topological polar surface area (TPSA) is 17.1 Å². The molecule has 1 rings (SSSR count). The van der Waals surface area contributed by atoms with E-state index in [1.807, 2.05) is 0 Å². The first kappa shape index (κ1) is 8.62. The Bertz CT molecular complexity index is 198. The Kier molecular flexibility index (Phi) is 1.58. The molecule has 0 heterocycles. The fourth-order valence-electron chi connectivity index (χ4n) is 1.30. The van der Waals surface area contributed by atoms with Crippen molar-refractivity contribution in [1.29, 1.82) is 0 Å². The third kappa shape index (κ3) is 1.06. The Morgan fingerprint density at radius 2 is 1.82 bits per heavy atom. The first-order chi connectivity index (χ1) is 4.81. The minimum Gasteiger partial charge on any atom is -0.299 e. The van der Waals surface area contributed by atoms with Crippen LogP contribution in [0.4, 0.5) is 8.78 Å². The maximum absolute atomic E-state index is 12.6. The number of carbonyl (C=O) groups excluding carboxylic acids is 1. The molecule has 1 fully saturated rings. The lowest BCUT2D eigenvalue weighted by molar-refractivity contribution is -0.130. The van der Waals surface area contributed by atoms with Crippen molar-refractivity contribution in [2.45, 2.75) is 33.1 Å². The highest BCUT2D eigenvalue weighted by molar-refractivity contribution is 5.90. The van der Waals surface area contributed by atoms with Crippen LogP contribution in [-0.4, -0.2) is 11.7 Å². The minimum absolute atomic E-state index is 0.267. The minimum atomic E-state index is -2.74. The van der Waals surface area contributed by atoms with Crippen molar-refractivity contribution in [2.24, 2.45) is 11.3 Å². The molecule has 0 radical (unpaired) electrons. The average molecular weight is 162 g/mol. The van der Waals surface area contributed by atoms with Gasteiger partial charge >= 0.3 is 0 Å². The summed E-state index contributed by atoms with van der Waals surface area (Å²) in [5.74, 6) is -3.34. The quantitative estimate of drug-likeness (QED) is 0.608. The molecule has 0 saturated heterocycles. The van der Waals surface area contributed by atoms with E-state index in [0.29, 0.717) is 0 Å². The zero-order valence-corrected chi connectivity index (χ0v) is 6.95. The van der Waals surface area contributed by atoms with E-state index in [0.717, 1.165) is 0 Å². The lowest BCUT2D eigenvalue weighted by Gasteiger charge is -2.10. The number of hydrogen-bond donors (Lipinski definition) is 0. The number of halogens is 2. The molecule has 0 aromatic heterocycles. The Morgan fingerprint density at radius 3 is 1.91 bits per heavy atom. The van der Waals surface area contributed by atoms with Crippen molar-refractivity contribution in [2.75, 3.05) is 0 Å². The van der Waals surface area contributed by atoms with Gasteiger partial charge in [-0.2, -0.15) is 0 Å². The van der Waals surface area contributed by atoms with Gasteiger partial charge in [-0.25, -0.2) is 8.78 Å². The van der Waals surface area contributed by atoms with E-state index in [4.69, 9.17) is 0 Å². The van der Waals surface area contributed by atoms with Crippen LogP contribution in [-0.2, 0) is 4.79 Å². The third-order valence-electron chi connectivity index (χ3n) is 2.33. The number of Topliss-reactive ketones (excluding diaryl/α,β-unsaturated/α-hetero) is 1. The van der Waals surface area contributed by atoms with Gasteiger partial charge in [0.15, 0.2) is 0 Å². The second kappa shape index (κ2) is 2.02. The summed E-state index contributed by atoms with van der Waals surface area (Å²) in [4.78, 5) is 11.2. The maximum atomic E-state index is 12.6. The van der Waals surface area contributed by atoms with Crippen LogP contribution in [0, 0.1) is 11.3 Å². The Balaban J connectivity index is 2.72. The van der Waals surface area contributed by atoms with Gasteiger partial charge in [0.25, 0.3) is 5.92 Å². The molecule has 0 amide bonds. The van der Waals surface area contributed by atoms with E-state index in [1.165, 1.54) is 6.92 Å². The Labute approximate surface area is 64.8 Å². The van der Waals surface area contributed by atoms with E-state index in [-0.39, 0.29) is 18.1 Å². The van der Waals surface area contributed by atoms with Crippen molar-refractivity contribution in [3.8, 4) is 0 Å². The fraction of sp³-hybridized carbons (Fsp3) is 0.875. The van der Waals surface area contributed by atoms with Crippen LogP contribution in [0.2, 0.25) is 0 Å². The molecule has 1 aliphatic carbocycles. The molecule has 1 nitrogen and oxygen atoms in total. The van der Waals surface area contributed by atoms with E-state index in [1.54, 1.807) is 13.8 Å². The smallest absolute Gasteiger partial charge is 0.261 e. The van der Waals surface area contributed by atoms with Crippen LogP contribution in [0.3, 0.4) is 0 Å². The van der Waals surface area contributed by atoms with Gasteiger partial charge in [0.1, 0.15) is 5.78 Å². The fourth-order valence-corrected chi connectivity index (χ4v) is 1.30. The van der Waals surface area contributed by atoms with Gasteiger partial charge in [-0.1, -0.05) is 13.8 Å². The van der Waals surface area contributed by atoms with Crippen LogP contribution in [0.5, 0.6) is 0 Å². The molecule has 1 unspecified atom stereocenters. The normalized spacial score (nSPS) is 34.0. The molecule has 0 N–H and O–H groups in total. The van der Waals surface area contributed by atoms with Crippen LogP contribution in [0.25, 0.3) is 0 Å². The summed E-state index contributed by atoms with van der Waals surface area (Å²) in [5.41, 5.74) is -1.35. The van der Waals surface area contributed by atoms with Gasteiger partial charge in [0.2, 0.25) is 0 Å². The second-order valence-electron chi connectivity index (χ2n) is 3.73. The van der Waals surface area contributed by atoms with Crippen molar-refractivity contribution >= 4 is 5.78 Å². The number of hydrogen-bond acceptors (Lipinski definition) is 1. The first-order valence-corrected chi connectivity index (χ1v) is 3.73. The van der Waals surface area contributed by atoms with E-state index in [2.05, 4.69) is 0 Å². The summed E-state index contributed by atoms with van der Waals surface area (Å²) in [7, 11) is 0. The van der Waals surface area contributed by atoms with Gasteiger partial charge < -0.3 is 0 Å². The highest BCUT2D eigenvalue weighted by Gasteiger charge is 2.72. The van der Waals surface area contributed by atoms with Gasteiger partial charge in [-0.3, -0.25) is 4.79 Å². The van der Waals surface area contributed by atoms with E-state index >= 15 is 0 Å².